The molecule has 0 atom stereocenters. The van der Waals surface area contributed by atoms with Crippen LogP contribution in [0, 0.1) is 0 Å². The highest BCUT2D eigenvalue weighted by atomic mass is 35.5. The molecule has 9 heteroatoms. The topological polar surface area (TPSA) is 105 Å². The lowest BCUT2D eigenvalue weighted by atomic mass is 10.2. The van der Waals surface area contributed by atoms with Gasteiger partial charge in [-0.2, -0.15) is 14.9 Å². The molecule has 2 heterocycles. The Hall–Kier alpha value is -3.13. The third-order valence-electron chi connectivity index (χ3n) is 3.61. The van der Waals surface area contributed by atoms with Gasteiger partial charge in [0.2, 0.25) is 0 Å². The Balaban J connectivity index is 2.11. The summed E-state index contributed by atoms with van der Waals surface area (Å²) in [6, 6.07) is 5.24. The maximum atomic E-state index is 12.5. The Bertz CT molecular complexity index is 1080. The summed E-state index contributed by atoms with van der Waals surface area (Å²) >= 11 is 6.07. The number of esters is 1. The monoisotopic (exact) mass is 373 g/mol. The second-order valence-corrected chi connectivity index (χ2v) is 5.84. The van der Waals surface area contributed by atoms with Gasteiger partial charge in [-0.1, -0.05) is 11.6 Å². The van der Waals surface area contributed by atoms with Crippen LogP contribution >= 0.6 is 11.6 Å². The molecule has 0 unspecified atom stereocenters. The lowest BCUT2D eigenvalue weighted by Gasteiger charge is -2.09. The predicted molar refractivity (Wildman–Crippen MR) is 99.2 cm³/mol. The lowest BCUT2D eigenvalue weighted by Crippen LogP contribution is -2.24. The van der Waals surface area contributed by atoms with E-state index in [4.69, 9.17) is 22.1 Å². The first-order valence-electron chi connectivity index (χ1n) is 7.77. The van der Waals surface area contributed by atoms with Crippen molar-refractivity contribution in [3.8, 4) is 5.69 Å². The van der Waals surface area contributed by atoms with E-state index in [2.05, 4.69) is 10.2 Å². The van der Waals surface area contributed by atoms with E-state index >= 15 is 0 Å². The molecular formula is C17H16ClN5O3. The van der Waals surface area contributed by atoms with E-state index in [9.17, 15) is 9.59 Å². The van der Waals surface area contributed by atoms with Gasteiger partial charge in [-0.3, -0.25) is 9.48 Å². The van der Waals surface area contributed by atoms with Gasteiger partial charge >= 0.3 is 5.97 Å². The number of hydrogen-bond acceptors (Lipinski definition) is 6. The summed E-state index contributed by atoms with van der Waals surface area (Å²) in [5.41, 5.74) is 6.78. The maximum Gasteiger partial charge on any atom is 0.330 e. The molecule has 3 rings (SSSR count). The minimum Gasteiger partial charge on any atom is -0.463 e. The number of aryl methyl sites for hydroxylation is 1. The number of rotatable bonds is 4. The fraction of sp³-hybridized carbons (Fsp3) is 0.176. The highest BCUT2D eigenvalue weighted by Crippen LogP contribution is 2.21. The number of carbonyl (C=O) groups excluding carboxylic acids is 1. The largest absolute Gasteiger partial charge is 0.463 e. The number of fused-ring (bicyclic) bond motifs is 1. The van der Waals surface area contributed by atoms with Gasteiger partial charge < -0.3 is 10.5 Å². The Morgan fingerprint density at radius 2 is 2.15 bits per heavy atom. The first-order chi connectivity index (χ1) is 12.4. The molecule has 1 aromatic carbocycles. The van der Waals surface area contributed by atoms with Crippen molar-refractivity contribution >= 4 is 40.2 Å². The smallest absolute Gasteiger partial charge is 0.330 e. The van der Waals surface area contributed by atoms with Gasteiger partial charge in [-0.15, -0.1) is 0 Å². The summed E-state index contributed by atoms with van der Waals surface area (Å²) in [5.74, 6) is -0.542. The Morgan fingerprint density at radius 3 is 2.88 bits per heavy atom. The van der Waals surface area contributed by atoms with Gasteiger partial charge in [0, 0.05) is 24.7 Å². The number of hydrogen-bond donors (Lipinski definition) is 1. The van der Waals surface area contributed by atoms with Gasteiger partial charge in [0.15, 0.2) is 0 Å². The highest BCUT2D eigenvalue weighted by molar-refractivity contribution is 6.33. The third kappa shape index (κ3) is 3.31. The lowest BCUT2D eigenvalue weighted by molar-refractivity contribution is -0.137. The minimum atomic E-state index is -0.555. The fourth-order valence-electron chi connectivity index (χ4n) is 2.43. The zero-order valence-corrected chi connectivity index (χ0v) is 14.9. The van der Waals surface area contributed by atoms with Crippen molar-refractivity contribution in [3.63, 3.8) is 0 Å². The average Bonchev–Trinajstić information content (AvgIpc) is 2.98. The molecule has 0 saturated heterocycles. The van der Waals surface area contributed by atoms with Crippen molar-refractivity contribution < 1.29 is 9.53 Å². The number of nitrogens with two attached hydrogens (primary N) is 1. The van der Waals surface area contributed by atoms with Crippen LogP contribution in [-0.4, -0.2) is 32.1 Å². The van der Waals surface area contributed by atoms with Gasteiger partial charge in [-0.25, -0.2) is 4.79 Å². The highest BCUT2D eigenvalue weighted by Gasteiger charge is 2.14. The SMILES string of the molecule is CCOC(=O)/C=C/c1nn(-c2ccc3nn(C)cc3c2)c(=O)c(Cl)c1N. The van der Waals surface area contributed by atoms with Crippen LogP contribution in [0.1, 0.15) is 12.6 Å². The van der Waals surface area contributed by atoms with E-state index in [1.165, 1.54) is 12.2 Å². The first-order valence-corrected chi connectivity index (χ1v) is 8.15. The van der Waals surface area contributed by atoms with Gasteiger partial charge in [0.25, 0.3) is 5.56 Å². The number of carbonyl (C=O) groups is 1. The third-order valence-corrected chi connectivity index (χ3v) is 3.98. The quantitative estimate of drug-likeness (QED) is 0.553. The molecule has 0 fully saturated rings. The summed E-state index contributed by atoms with van der Waals surface area (Å²) in [4.78, 5) is 24.0. The molecule has 2 aromatic heterocycles. The molecule has 0 amide bonds. The van der Waals surface area contributed by atoms with Gasteiger partial charge in [0.1, 0.15) is 10.7 Å². The predicted octanol–water partition coefficient (Wildman–Crippen LogP) is 1.93. The van der Waals surface area contributed by atoms with Crippen molar-refractivity contribution in [1.82, 2.24) is 19.6 Å². The molecule has 0 aliphatic heterocycles. The van der Waals surface area contributed by atoms with Crippen LogP contribution in [0.4, 0.5) is 5.69 Å². The molecule has 0 aliphatic carbocycles. The standard InChI is InChI=1S/C17H16ClN5O3/c1-3-26-14(24)7-6-13-16(19)15(18)17(25)23(21-13)11-4-5-12-10(8-11)9-22(2)20-12/h4-9H,3,19H2,1-2H3/b7-6+. The Morgan fingerprint density at radius 1 is 1.38 bits per heavy atom. The summed E-state index contributed by atoms with van der Waals surface area (Å²) in [5, 5.41) is 9.18. The van der Waals surface area contributed by atoms with Crippen LogP contribution in [0.25, 0.3) is 22.7 Å². The van der Waals surface area contributed by atoms with Crippen LogP contribution < -0.4 is 11.3 Å². The summed E-state index contributed by atoms with van der Waals surface area (Å²) in [6.45, 7) is 1.95. The van der Waals surface area contributed by atoms with E-state index in [1.807, 2.05) is 13.2 Å². The zero-order valence-electron chi connectivity index (χ0n) is 14.1. The van der Waals surface area contributed by atoms with Crippen molar-refractivity contribution in [1.29, 1.82) is 0 Å². The molecule has 0 spiro atoms. The number of halogens is 1. The number of nitrogens with zero attached hydrogens (tertiary/aromatic N) is 4. The normalized spacial score (nSPS) is 11.3. The molecule has 3 aromatic rings. The maximum absolute atomic E-state index is 12.5. The van der Waals surface area contributed by atoms with Crippen LogP contribution in [-0.2, 0) is 16.6 Å². The molecule has 26 heavy (non-hydrogen) atoms. The molecular weight excluding hydrogens is 358 g/mol. The van der Waals surface area contributed by atoms with E-state index in [0.29, 0.717) is 5.69 Å². The molecule has 0 aliphatic rings. The van der Waals surface area contributed by atoms with E-state index in [1.54, 1.807) is 29.8 Å². The van der Waals surface area contributed by atoms with Gasteiger partial charge in [-0.05, 0) is 31.2 Å². The summed E-state index contributed by atoms with van der Waals surface area (Å²) in [6.07, 6.45) is 4.36. The van der Waals surface area contributed by atoms with Crippen LogP contribution in [0.3, 0.4) is 0 Å². The van der Waals surface area contributed by atoms with Crippen molar-refractivity contribution in [3.05, 3.63) is 51.5 Å². The van der Waals surface area contributed by atoms with Crippen molar-refractivity contribution in [2.24, 2.45) is 7.05 Å². The molecule has 8 nitrogen and oxygen atoms in total. The average molecular weight is 374 g/mol. The first kappa shape index (κ1) is 17.7. The van der Waals surface area contributed by atoms with Crippen LogP contribution in [0.5, 0.6) is 0 Å². The summed E-state index contributed by atoms with van der Waals surface area (Å²) in [7, 11) is 1.81. The Labute approximate surface area is 153 Å². The van der Waals surface area contributed by atoms with Crippen molar-refractivity contribution in [2.75, 3.05) is 12.3 Å². The van der Waals surface area contributed by atoms with Crippen molar-refractivity contribution in [2.45, 2.75) is 6.92 Å². The molecule has 0 bridgehead atoms. The second-order valence-electron chi connectivity index (χ2n) is 5.46. The Kier molecular flexibility index (Phi) is 4.77. The van der Waals surface area contributed by atoms with Gasteiger partial charge in [0.05, 0.1) is 23.5 Å². The number of benzene rings is 1. The molecule has 134 valence electrons. The minimum absolute atomic E-state index is 0.00378. The molecule has 0 saturated carbocycles. The van der Waals surface area contributed by atoms with Crippen LogP contribution in [0.2, 0.25) is 5.02 Å². The number of aromatic nitrogens is 4. The van der Waals surface area contributed by atoms with E-state index in [0.717, 1.165) is 15.6 Å². The zero-order chi connectivity index (χ0) is 18.8. The number of anilines is 1. The summed E-state index contributed by atoms with van der Waals surface area (Å²) < 4.78 is 7.63. The number of ether oxygens (including phenoxy) is 1. The van der Waals surface area contributed by atoms with Crippen LogP contribution in [0.15, 0.2) is 35.3 Å². The molecule has 2 N–H and O–H groups in total. The molecule has 0 radical (unpaired) electrons. The number of nitrogen functional groups attached to an aromatic ring is 1. The van der Waals surface area contributed by atoms with E-state index in [-0.39, 0.29) is 23.0 Å². The fourth-order valence-corrected chi connectivity index (χ4v) is 2.61. The van der Waals surface area contributed by atoms with E-state index < -0.39 is 11.5 Å². The second kappa shape index (κ2) is 7.01.